The van der Waals surface area contributed by atoms with Crippen LogP contribution in [0.15, 0.2) is 208 Å². The van der Waals surface area contributed by atoms with Crippen LogP contribution in [0.1, 0.15) is 41.2 Å². The Morgan fingerprint density at radius 2 is 1.48 bits per heavy atom. The largest absolute Gasteiger partial charge is 0.265 e. The van der Waals surface area contributed by atoms with Gasteiger partial charge < -0.3 is 0 Å². The van der Waals surface area contributed by atoms with Gasteiger partial charge in [-0.25, -0.2) is 9.98 Å². The van der Waals surface area contributed by atoms with E-state index in [1.165, 1.54) is 27.8 Å². The highest BCUT2D eigenvalue weighted by molar-refractivity contribution is 6.13. The van der Waals surface area contributed by atoms with Gasteiger partial charge in [0, 0.05) is 23.6 Å². The lowest BCUT2D eigenvalue weighted by atomic mass is 9.72. The van der Waals surface area contributed by atoms with Gasteiger partial charge in [0.25, 0.3) is 0 Å². The van der Waals surface area contributed by atoms with Gasteiger partial charge in [-0.2, -0.15) is 0 Å². The predicted octanol–water partition coefficient (Wildman–Crippen LogP) is 11.3. The molecule has 4 heteroatoms. The Bertz CT molecular complexity index is 2300. The van der Waals surface area contributed by atoms with Crippen LogP contribution in [0.4, 0.5) is 0 Å². The maximum Gasteiger partial charge on any atom is 0.161 e. The SMILES string of the molecule is C=NC(=NC(=NCc1ccc2c(c1)C(/C=C/C=N\C=C/C)(c1ccccc1)c1ccccc1-2)C1=CC=CCC=C1)c1ccc(-c2ccccc2)cc1. The minimum atomic E-state index is -0.501. The Balaban J connectivity index is 1.30. The first-order chi connectivity index (χ1) is 25.7. The Morgan fingerprint density at radius 3 is 2.27 bits per heavy atom. The van der Waals surface area contributed by atoms with E-state index >= 15 is 0 Å². The highest BCUT2D eigenvalue weighted by Crippen LogP contribution is 2.53. The van der Waals surface area contributed by atoms with Gasteiger partial charge in [0.15, 0.2) is 11.7 Å². The quantitative estimate of drug-likeness (QED) is 0.111. The van der Waals surface area contributed by atoms with Crippen molar-refractivity contribution in [1.82, 2.24) is 0 Å². The summed E-state index contributed by atoms with van der Waals surface area (Å²) < 4.78 is 0. The molecule has 7 rings (SSSR count). The third kappa shape index (κ3) is 7.05. The molecule has 0 N–H and O–H groups in total. The molecule has 0 aliphatic heterocycles. The molecule has 1 unspecified atom stereocenters. The molecule has 4 nitrogen and oxygen atoms in total. The van der Waals surface area contributed by atoms with E-state index in [2.05, 4.69) is 156 Å². The first-order valence-corrected chi connectivity index (χ1v) is 17.6. The molecule has 2 aliphatic carbocycles. The summed E-state index contributed by atoms with van der Waals surface area (Å²) in [6.07, 6.45) is 21.2. The third-order valence-corrected chi connectivity index (χ3v) is 9.40. The van der Waals surface area contributed by atoms with E-state index in [1.807, 2.05) is 49.5 Å². The van der Waals surface area contributed by atoms with Crippen LogP contribution in [0, 0.1) is 0 Å². The Kier molecular flexibility index (Phi) is 10.5. The summed E-state index contributed by atoms with van der Waals surface area (Å²) in [5, 5.41) is 0. The van der Waals surface area contributed by atoms with Gasteiger partial charge in [-0.15, -0.1) is 0 Å². The number of benzene rings is 5. The van der Waals surface area contributed by atoms with Crippen LogP contribution in [-0.2, 0) is 12.0 Å². The van der Waals surface area contributed by atoms with Crippen molar-refractivity contribution >= 4 is 24.6 Å². The van der Waals surface area contributed by atoms with Crippen molar-refractivity contribution in [3.63, 3.8) is 0 Å². The van der Waals surface area contributed by atoms with Crippen LogP contribution in [-0.4, -0.2) is 24.6 Å². The molecule has 0 spiro atoms. The molecule has 0 aromatic heterocycles. The first-order valence-electron chi connectivity index (χ1n) is 17.6. The van der Waals surface area contributed by atoms with Gasteiger partial charge in [-0.3, -0.25) is 9.98 Å². The molecular weight excluding hydrogens is 633 g/mol. The Labute approximate surface area is 306 Å². The van der Waals surface area contributed by atoms with Crippen LogP contribution in [0.25, 0.3) is 22.3 Å². The van der Waals surface area contributed by atoms with Crippen LogP contribution in [0.3, 0.4) is 0 Å². The van der Waals surface area contributed by atoms with Crippen molar-refractivity contribution in [1.29, 1.82) is 0 Å². The lowest BCUT2D eigenvalue weighted by Crippen LogP contribution is -2.24. The first kappa shape index (κ1) is 34.0. The second kappa shape index (κ2) is 16.0. The molecule has 0 heterocycles. The molecule has 0 saturated carbocycles. The number of hydrogen-bond donors (Lipinski definition) is 0. The summed E-state index contributed by atoms with van der Waals surface area (Å²) in [6, 6.07) is 44.8. The molecule has 2 aliphatic rings. The molecule has 5 aromatic carbocycles. The molecule has 52 heavy (non-hydrogen) atoms. The van der Waals surface area contributed by atoms with Crippen molar-refractivity contribution in [2.75, 3.05) is 0 Å². The fourth-order valence-corrected chi connectivity index (χ4v) is 6.94. The van der Waals surface area contributed by atoms with Crippen LogP contribution >= 0.6 is 0 Å². The van der Waals surface area contributed by atoms with E-state index < -0.39 is 5.41 Å². The normalized spacial score (nSPS) is 17.1. The van der Waals surface area contributed by atoms with Gasteiger partial charge in [0.05, 0.1) is 12.0 Å². The van der Waals surface area contributed by atoms with Crippen LogP contribution < -0.4 is 0 Å². The van der Waals surface area contributed by atoms with Crippen molar-refractivity contribution in [2.45, 2.75) is 25.3 Å². The smallest absolute Gasteiger partial charge is 0.161 e. The number of aliphatic imine (C=N–C) groups is 4. The average molecular weight is 673 g/mol. The van der Waals surface area contributed by atoms with Gasteiger partial charge in [-0.05, 0) is 70.6 Å². The molecule has 0 radical (unpaired) electrons. The Morgan fingerprint density at radius 1 is 0.750 bits per heavy atom. The summed E-state index contributed by atoms with van der Waals surface area (Å²) in [4.78, 5) is 19.0. The van der Waals surface area contributed by atoms with Gasteiger partial charge in [0.2, 0.25) is 0 Å². The van der Waals surface area contributed by atoms with Gasteiger partial charge in [-0.1, -0.05) is 170 Å². The van der Waals surface area contributed by atoms with Crippen molar-refractivity contribution < 1.29 is 0 Å². The Hall–Kier alpha value is -6.52. The maximum absolute atomic E-state index is 5.17. The predicted molar refractivity (Wildman–Crippen MR) is 221 cm³/mol. The summed E-state index contributed by atoms with van der Waals surface area (Å²) in [5.74, 6) is 1.13. The minimum absolute atomic E-state index is 0.437. The maximum atomic E-state index is 5.17. The molecule has 0 saturated heterocycles. The van der Waals surface area contributed by atoms with Crippen molar-refractivity contribution in [3.05, 3.63) is 216 Å². The lowest BCUT2D eigenvalue weighted by Gasteiger charge is -2.30. The fraction of sp³-hybridized carbons (Fsp3) is 0.0833. The zero-order chi connectivity index (χ0) is 35.6. The van der Waals surface area contributed by atoms with Crippen molar-refractivity contribution in [2.24, 2.45) is 20.0 Å². The third-order valence-electron chi connectivity index (χ3n) is 9.40. The van der Waals surface area contributed by atoms with E-state index in [0.29, 0.717) is 18.2 Å². The number of amidine groups is 2. The zero-order valence-corrected chi connectivity index (χ0v) is 29.3. The zero-order valence-electron chi connectivity index (χ0n) is 29.3. The van der Waals surface area contributed by atoms with E-state index in [1.54, 1.807) is 6.20 Å². The lowest BCUT2D eigenvalue weighted by molar-refractivity contribution is 0.802. The van der Waals surface area contributed by atoms with Crippen LogP contribution in [0.2, 0.25) is 0 Å². The van der Waals surface area contributed by atoms with E-state index in [4.69, 9.17) is 9.98 Å². The number of nitrogens with zero attached hydrogens (tertiary/aromatic N) is 4. The summed E-state index contributed by atoms with van der Waals surface area (Å²) in [7, 11) is 0. The summed E-state index contributed by atoms with van der Waals surface area (Å²) >= 11 is 0. The molecular formula is C48H40N4. The summed E-state index contributed by atoms with van der Waals surface area (Å²) in [5.41, 5.74) is 10.8. The standard InChI is InChI=1S/C48H40N4/c1-3-32-50-33-16-31-48(41-21-12-7-13-22-41)44-24-15-14-23-42(44)43-30-25-36(34-45(43)48)35-51-47(39-19-8-4-5-9-20-39)52-46(49-2)40-28-26-38(27-29-40)37-17-10-6-11-18-37/h3-4,6-34H,2,5,35H2,1H3/b31-16+,32-3-,50-33-,51-47?,52-46?. The number of hydrogen-bond acceptors (Lipinski definition) is 2. The molecule has 0 bridgehead atoms. The monoisotopic (exact) mass is 672 g/mol. The van der Waals surface area contributed by atoms with Crippen molar-refractivity contribution in [3.8, 4) is 22.3 Å². The minimum Gasteiger partial charge on any atom is -0.265 e. The molecule has 252 valence electrons. The number of allylic oxidation sites excluding steroid dienone is 7. The van der Waals surface area contributed by atoms with E-state index in [9.17, 15) is 0 Å². The molecule has 5 aromatic rings. The number of rotatable bonds is 9. The molecule has 1 atom stereocenters. The van der Waals surface area contributed by atoms with E-state index in [-0.39, 0.29) is 0 Å². The molecule has 0 amide bonds. The van der Waals surface area contributed by atoms with Gasteiger partial charge in [0.1, 0.15) is 0 Å². The van der Waals surface area contributed by atoms with Crippen LogP contribution in [0.5, 0.6) is 0 Å². The number of fused-ring (bicyclic) bond motifs is 3. The highest BCUT2D eigenvalue weighted by atomic mass is 15.0. The molecule has 0 fully saturated rings. The van der Waals surface area contributed by atoms with E-state index in [0.717, 1.165) is 34.2 Å². The average Bonchev–Trinajstić information content (AvgIpc) is 3.31. The topological polar surface area (TPSA) is 49.4 Å². The second-order valence-electron chi connectivity index (χ2n) is 12.6. The highest BCUT2D eigenvalue weighted by Gasteiger charge is 2.42. The summed E-state index contributed by atoms with van der Waals surface area (Å²) in [6.45, 7) is 6.29. The van der Waals surface area contributed by atoms with Gasteiger partial charge >= 0.3 is 0 Å². The fourth-order valence-electron chi connectivity index (χ4n) is 6.94. The second-order valence-corrected chi connectivity index (χ2v) is 12.6.